The van der Waals surface area contributed by atoms with Crippen molar-refractivity contribution in [1.82, 2.24) is 10.4 Å². The fourth-order valence-corrected chi connectivity index (χ4v) is 2.66. The Morgan fingerprint density at radius 1 is 1.00 bits per heavy atom. The van der Waals surface area contributed by atoms with Gasteiger partial charge in [-0.05, 0) is 40.5 Å². The molecule has 0 bridgehead atoms. The summed E-state index contributed by atoms with van der Waals surface area (Å²) in [6.45, 7) is 2.05. The zero-order valence-corrected chi connectivity index (χ0v) is 11.4. The fraction of sp³-hybridized carbons (Fsp3) is 0.118. The van der Waals surface area contributed by atoms with Gasteiger partial charge in [0.2, 0.25) is 0 Å². The molecular weight excluding hydrogens is 246 g/mol. The first-order chi connectivity index (χ1) is 9.81. The SMILES string of the molecule is Cc1cnccc1C(NN)c1cccc2ccccc12. The van der Waals surface area contributed by atoms with Gasteiger partial charge in [0.25, 0.3) is 0 Å². The number of nitrogens with two attached hydrogens (primary N) is 1. The van der Waals surface area contributed by atoms with Crippen molar-refractivity contribution in [2.24, 2.45) is 5.84 Å². The van der Waals surface area contributed by atoms with Crippen LogP contribution in [0.15, 0.2) is 60.9 Å². The Hall–Kier alpha value is -2.23. The van der Waals surface area contributed by atoms with Crippen molar-refractivity contribution in [3.63, 3.8) is 0 Å². The summed E-state index contributed by atoms with van der Waals surface area (Å²) in [5.41, 5.74) is 6.40. The van der Waals surface area contributed by atoms with Crippen molar-refractivity contribution < 1.29 is 0 Å². The van der Waals surface area contributed by atoms with E-state index in [1.165, 1.54) is 16.3 Å². The van der Waals surface area contributed by atoms with Gasteiger partial charge in [0.15, 0.2) is 0 Å². The van der Waals surface area contributed by atoms with E-state index in [1.54, 1.807) is 6.20 Å². The number of hydrogen-bond donors (Lipinski definition) is 2. The molecule has 0 aliphatic rings. The maximum absolute atomic E-state index is 5.83. The number of pyridine rings is 1. The zero-order valence-electron chi connectivity index (χ0n) is 11.4. The smallest absolute Gasteiger partial charge is 0.0719 e. The summed E-state index contributed by atoms with van der Waals surface area (Å²) in [5.74, 6) is 5.83. The Kier molecular flexibility index (Phi) is 3.46. The van der Waals surface area contributed by atoms with E-state index in [9.17, 15) is 0 Å². The highest BCUT2D eigenvalue weighted by Gasteiger charge is 2.16. The molecule has 3 nitrogen and oxygen atoms in total. The molecule has 2 aromatic carbocycles. The lowest BCUT2D eigenvalue weighted by Crippen LogP contribution is -2.29. The van der Waals surface area contributed by atoms with Gasteiger partial charge in [0, 0.05) is 12.4 Å². The second-order valence-electron chi connectivity index (χ2n) is 4.90. The molecule has 20 heavy (non-hydrogen) atoms. The minimum atomic E-state index is -0.0379. The topological polar surface area (TPSA) is 50.9 Å². The van der Waals surface area contributed by atoms with E-state index >= 15 is 0 Å². The first-order valence-corrected chi connectivity index (χ1v) is 6.65. The van der Waals surface area contributed by atoms with Gasteiger partial charge in [-0.1, -0.05) is 42.5 Å². The molecule has 0 saturated carbocycles. The summed E-state index contributed by atoms with van der Waals surface area (Å²) >= 11 is 0. The van der Waals surface area contributed by atoms with Crippen LogP contribution < -0.4 is 11.3 Å². The number of hydrogen-bond acceptors (Lipinski definition) is 3. The maximum atomic E-state index is 5.83. The molecule has 3 rings (SSSR count). The van der Waals surface area contributed by atoms with Crippen molar-refractivity contribution in [3.05, 3.63) is 77.6 Å². The standard InChI is InChI=1S/C17H17N3/c1-12-11-19-10-9-14(12)17(20-18)16-8-4-6-13-5-2-3-7-15(13)16/h2-11,17,20H,18H2,1H3. The molecule has 0 fully saturated rings. The molecule has 1 heterocycles. The highest BCUT2D eigenvalue weighted by molar-refractivity contribution is 5.86. The lowest BCUT2D eigenvalue weighted by molar-refractivity contribution is 0.637. The summed E-state index contributed by atoms with van der Waals surface area (Å²) in [4.78, 5) is 4.15. The molecule has 1 aromatic heterocycles. The van der Waals surface area contributed by atoms with Gasteiger partial charge < -0.3 is 0 Å². The molecule has 0 amide bonds. The van der Waals surface area contributed by atoms with Gasteiger partial charge in [0.1, 0.15) is 0 Å². The summed E-state index contributed by atoms with van der Waals surface area (Å²) in [6, 6.07) is 16.6. The third kappa shape index (κ3) is 2.18. The molecule has 0 spiro atoms. The van der Waals surface area contributed by atoms with Crippen LogP contribution in [0, 0.1) is 6.92 Å². The normalized spacial score (nSPS) is 12.5. The van der Waals surface area contributed by atoms with Gasteiger partial charge in [-0.3, -0.25) is 10.8 Å². The van der Waals surface area contributed by atoms with Crippen LogP contribution in [-0.2, 0) is 0 Å². The molecule has 1 unspecified atom stereocenters. The summed E-state index contributed by atoms with van der Waals surface area (Å²) in [7, 11) is 0. The average Bonchev–Trinajstić information content (AvgIpc) is 2.50. The number of nitrogens with zero attached hydrogens (tertiary/aromatic N) is 1. The van der Waals surface area contributed by atoms with Crippen molar-refractivity contribution in [1.29, 1.82) is 0 Å². The van der Waals surface area contributed by atoms with Gasteiger partial charge >= 0.3 is 0 Å². The third-order valence-electron chi connectivity index (χ3n) is 3.68. The minimum absolute atomic E-state index is 0.0379. The Balaban J connectivity index is 2.20. The first-order valence-electron chi connectivity index (χ1n) is 6.65. The minimum Gasteiger partial charge on any atom is -0.271 e. The van der Waals surface area contributed by atoms with E-state index in [0.717, 1.165) is 11.1 Å². The zero-order chi connectivity index (χ0) is 13.9. The second-order valence-corrected chi connectivity index (χ2v) is 4.90. The number of benzene rings is 2. The number of aryl methyl sites for hydroxylation is 1. The predicted molar refractivity (Wildman–Crippen MR) is 82.1 cm³/mol. The second kappa shape index (κ2) is 5.41. The molecule has 3 heteroatoms. The maximum Gasteiger partial charge on any atom is 0.0719 e. The van der Waals surface area contributed by atoms with Crippen LogP contribution in [-0.4, -0.2) is 4.98 Å². The number of nitrogens with one attached hydrogen (secondary N) is 1. The molecule has 3 N–H and O–H groups in total. The van der Waals surface area contributed by atoms with Gasteiger partial charge in [0.05, 0.1) is 6.04 Å². The van der Waals surface area contributed by atoms with Crippen LogP contribution in [0.4, 0.5) is 0 Å². The van der Waals surface area contributed by atoms with Crippen molar-refractivity contribution in [2.45, 2.75) is 13.0 Å². The van der Waals surface area contributed by atoms with Crippen LogP contribution >= 0.6 is 0 Å². The number of aromatic nitrogens is 1. The lowest BCUT2D eigenvalue weighted by Gasteiger charge is -2.20. The Bertz CT molecular complexity index is 732. The van der Waals surface area contributed by atoms with Crippen molar-refractivity contribution in [2.75, 3.05) is 0 Å². The summed E-state index contributed by atoms with van der Waals surface area (Å²) in [6.07, 6.45) is 3.67. The quantitative estimate of drug-likeness (QED) is 0.564. The van der Waals surface area contributed by atoms with E-state index in [4.69, 9.17) is 5.84 Å². The molecule has 100 valence electrons. The van der Waals surface area contributed by atoms with Crippen molar-refractivity contribution >= 4 is 10.8 Å². The van der Waals surface area contributed by atoms with Crippen LogP contribution in [0.3, 0.4) is 0 Å². The largest absolute Gasteiger partial charge is 0.271 e. The lowest BCUT2D eigenvalue weighted by atomic mass is 9.93. The highest BCUT2D eigenvalue weighted by atomic mass is 15.2. The fourth-order valence-electron chi connectivity index (χ4n) is 2.66. The van der Waals surface area contributed by atoms with Gasteiger partial charge in [-0.2, -0.15) is 0 Å². The molecule has 0 aliphatic heterocycles. The van der Waals surface area contributed by atoms with E-state index in [0.29, 0.717) is 0 Å². The van der Waals surface area contributed by atoms with E-state index in [-0.39, 0.29) is 6.04 Å². The predicted octanol–water partition coefficient (Wildman–Crippen LogP) is 3.10. The van der Waals surface area contributed by atoms with Crippen LogP contribution in [0.25, 0.3) is 10.8 Å². The average molecular weight is 263 g/mol. The molecule has 1 atom stereocenters. The van der Waals surface area contributed by atoms with E-state index in [2.05, 4.69) is 59.8 Å². The third-order valence-corrected chi connectivity index (χ3v) is 3.68. The van der Waals surface area contributed by atoms with Crippen LogP contribution in [0.2, 0.25) is 0 Å². The van der Waals surface area contributed by atoms with Crippen LogP contribution in [0.1, 0.15) is 22.7 Å². The Morgan fingerprint density at radius 3 is 2.60 bits per heavy atom. The van der Waals surface area contributed by atoms with Crippen LogP contribution in [0.5, 0.6) is 0 Å². The number of rotatable bonds is 3. The Morgan fingerprint density at radius 2 is 1.80 bits per heavy atom. The monoisotopic (exact) mass is 263 g/mol. The van der Waals surface area contributed by atoms with Gasteiger partial charge in [-0.15, -0.1) is 0 Å². The van der Waals surface area contributed by atoms with E-state index in [1.807, 2.05) is 12.3 Å². The first kappa shape index (κ1) is 12.8. The van der Waals surface area contributed by atoms with Gasteiger partial charge in [-0.25, -0.2) is 5.43 Å². The number of fused-ring (bicyclic) bond motifs is 1. The Labute approximate surface area is 118 Å². The van der Waals surface area contributed by atoms with Crippen molar-refractivity contribution in [3.8, 4) is 0 Å². The molecule has 3 aromatic rings. The summed E-state index contributed by atoms with van der Waals surface area (Å²) in [5, 5.41) is 2.44. The molecule has 0 saturated heterocycles. The number of hydrazine groups is 1. The molecule has 0 aliphatic carbocycles. The molecule has 0 radical (unpaired) electrons. The highest BCUT2D eigenvalue weighted by Crippen LogP contribution is 2.29. The molecular formula is C17H17N3. The van der Waals surface area contributed by atoms with E-state index < -0.39 is 0 Å². The summed E-state index contributed by atoms with van der Waals surface area (Å²) < 4.78 is 0.